The van der Waals surface area contributed by atoms with E-state index in [9.17, 15) is 15.0 Å². The molecule has 5 aromatic rings. The molecule has 10 nitrogen and oxygen atoms in total. The number of rotatable bonds is 16. The fourth-order valence-corrected chi connectivity index (χ4v) is 6.19. The van der Waals surface area contributed by atoms with Gasteiger partial charge in [0.2, 0.25) is 0 Å². The Morgan fingerprint density at radius 3 is 2.27 bits per heavy atom. The number of benzene rings is 4. The predicted molar refractivity (Wildman–Crippen MR) is 205 cm³/mol. The Bertz CT molecular complexity index is 2050. The van der Waals surface area contributed by atoms with Crippen LogP contribution in [0.4, 0.5) is 5.69 Å². The Morgan fingerprint density at radius 2 is 1.58 bits per heavy atom. The summed E-state index contributed by atoms with van der Waals surface area (Å²) in [4.78, 5) is 16.1. The van der Waals surface area contributed by atoms with Gasteiger partial charge in [-0.25, -0.2) is 0 Å². The number of hydrogen-bond acceptors (Lipinski definition) is 9. The maximum absolute atomic E-state index is 11.8. The summed E-state index contributed by atoms with van der Waals surface area (Å²) >= 11 is 6.77. The number of methoxy groups -OCH3 is 1. The Hall–Kier alpha value is -5.13. The smallest absolute Gasteiger partial charge is 0.326 e. The zero-order chi connectivity index (χ0) is 37.4. The lowest BCUT2D eigenvalue weighted by Crippen LogP contribution is -2.52. The van der Waals surface area contributed by atoms with Crippen LogP contribution in [0, 0.1) is 13.8 Å². The minimum Gasteiger partial charge on any atom is -0.496 e. The summed E-state index contributed by atoms with van der Waals surface area (Å²) in [6.07, 6.45) is 3.42. The van der Waals surface area contributed by atoms with Gasteiger partial charge < -0.3 is 35.5 Å². The molecule has 6 N–H and O–H groups in total. The van der Waals surface area contributed by atoms with Gasteiger partial charge in [0.25, 0.3) is 0 Å². The first kappa shape index (κ1) is 38.1. The van der Waals surface area contributed by atoms with Gasteiger partial charge in [-0.05, 0) is 84.0 Å². The zero-order valence-corrected chi connectivity index (χ0v) is 30.8. The van der Waals surface area contributed by atoms with Crippen molar-refractivity contribution in [3.63, 3.8) is 0 Å². The molecule has 11 heteroatoms. The maximum atomic E-state index is 11.8. The number of nitrogens with zero attached hydrogens (tertiary/aromatic N) is 1. The van der Waals surface area contributed by atoms with Gasteiger partial charge in [-0.1, -0.05) is 54.1 Å². The van der Waals surface area contributed by atoms with Crippen LogP contribution in [0.2, 0.25) is 5.02 Å². The van der Waals surface area contributed by atoms with E-state index < -0.39 is 18.1 Å². The number of aliphatic carboxylic acids is 1. The van der Waals surface area contributed by atoms with E-state index >= 15 is 0 Å². The molecule has 1 aromatic heterocycles. The van der Waals surface area contributed by atoms with Crippen LogP contribution in [0.25, 0.3) is 22.3 Å². The number of hydrogen-bond donors (Lipinski definition) is 5. The average Bonchev–Trinajstić information content (AvgIpc) is 3.16. The first-order valence-electron chi connectivity index (χ1n) is 16.9. The van der Waals surface area contributed by atoms with Crippen molar-refractivity contribution in [3.8, 4) is 39.5 Å². The van der Waals surface area contributed by atoms with Crippen molar-refractivity contribution in [1.82, 2.24) is 10.3 Å². The van der Waals surface area contributed by atoms with Crippen molar-refractivity contribution in [2.24, 2.45) is 5.73 Å². The van der Waals surface area contributed by atoms with E-state index in [0.29, 0.717) is 28.6 Å². The third kappa shape index (κ3) is 8.49. The summed E-state index contributed by atoms with van der Waals surface area (Å²) in [5, 5.41) is 25.8. The SMILES string of the molecule is CNc1cncc(COc2cc(OCc3cccc(-c4cccc(-c5ccc(OC)c(CN)c5)c4C)c3C)c(Cl)cc2CNC(C)(CO)C(=O)O)c1. The van der Waals surface area contributed by atoms with E-state index in [1.165, 1.54) is 6.92 Å². The number of pyridine rings is 1. The number of ether oxygens (including phenoxy) is 3. The molecule has 5 rings (SSSR count). The highest BCUT2D eigenvalue weighted by molar-refractivity contribution is 6.32. The molecule has 1 unspecified atom stereocenters. The molecule has 0 aliphatic heterocycles. The summed E-state index contributed by atoms with van der Waals surface area (Å²) < 4.78 is 18.1. The molecular formula is C41H45ClN4O6. The fourth-order valence-electron chi connectivity index (χ4n) is 5.95. The summed E-state index contributed by atoms with van der Waals surface area (Å²) in [6, 6.07) is 23.9. The molecule has 0 aliphatic carbocycles. The first-order valence-corrected chi connectivity index (χ1v) is 17.2. The number of aliphatic hydroxyl groups is 1. The summed E-state index contributed by atoms with van der Waals surface area (Å²) in [6.45, 7) is 5.89. The highest BCUT2D eigenvalue weighted by atomic mass is 35.5. The largest absolute Gasteiger partial charge is 0.496 e. The van der Waals surface area contributed by atoms with Gasteiger partial charge >= 0.3 is 5.97 Å². The number of carboxylic acid groups (broad SMARTS) is 1. The lowest BCUT2D eigenvalue weighted by molar-refractivity contribution is -0.145. The van der Waals surface area contributed by atoms with Crippen molar-refractivity contribution >= 4 is 23.3 Å². The molecule has 0 aliphatic rings. The third-order valence-electron chi connectivity index (χ3n) is 9.31. The predicted octanol–water partition coefficient (Wildman–Crippen LogP) is 7.28. The maximum Gasteiger partial charge on any atom is 0.326 e. The topological polar surface area (TPSA) is 148 Å². The molecule has 0 saturated carbocycles. The fraction of sp³-hybridized carbons (Fsp3) is 0.268. The van der Waals surface area contributed by atoms with Crippen LogP contribution >= 0.6 is 11.6 Å². The highest BCUT2D eigenvalue weighted by Crippen LogP contribution is 2.37. The van der Waals surface area contributed by atoms with E-state index in [-0.39, 0.29) is 19.8 Å². The lowest BCUT2D eigenvalue weighted by Gasteiger charge is -2.25. The second-order valence-electron chi connectivity index (χ2n) is 12.7. The standard InChI is InChI=1S/C41H45ClN4O6/c1-25-29(8-6-10-34(25)35-11-7-9-33(26(35)2)28-12-13-37(50-5)30(15-28)18-43)23-52-39-17-38(51-22-27-14-32(44-4)21-45-19-27)31(16-36(39)42)20-46-41(3,24-47)40(48)49/h6-17,19,21,44,46-47H,18,20,22-24,43H2,1-5H3,(H,48,49). The van der Waals surface area contributed by atoms with Crippen molar-refractivity contribution < 1.29 is 29.2 Å². The van der Waals surface area contributed by atoms with Gasteiger partial charge in [0.15, 0.2) is 0 Å². The summed E-state index contributed by atoms with van der Waals surface area (Å²) in [5.41, 5.74) is 15.2. The van der Waals surface area contributed by atoms with E-state index in [2.05, 4.69) is 65.9 Å². The summed E-state index contributed by atoms with van der Waals surface area (Å²) in [5.74, 6) is 0.443. The second kappa shape index (κ2) is 16.9. The van der Waals surface area contributed by atoms with Crippen LogP contribution in [0.15, 0.2) is 85.2 Å². The number of nitrogens with one attached hydrogen (secondary N) is 2. The molecule has 0 radical (unpaired) electrons. The number of aromatic nitrogens is 1. The van der Waals surface area contributed by atoms with Gasteiger partial charge in [-0.2, -0.15) is 0 Å². The van der Waals surface area contributed by atoms with Crippen molar-refractivity contribution in [3.05, 3.63) is 124 Å². The Morgan fingerprint density at radius 1 is 0.865 bits per heavy atom. The highest BCUT2D eigenvalue weighted by Gasteiger charge is 2.32. The van der Waals surface area contributed by atoms with Crippen LogP contribution in [0.3, 0.4) is 0 Å². The van der Waals surface area contributed by atoms with Gasteiger partial charge in [-0.15, -0.1) is 0 Å². The van der Waals surface area contributed by atoms with Gasteiger partial charge in [0, 0.05) is 55.3 Å². The zero-order valence-electron chi connectivity index (χ0n) is 30.0. The second-order valence-corrected chi connectivity index (χ2v) is 13.2. The van der Waals surface area contributed by atoms with Crippen molar-refractivity contribution in [2.75, 3.05) is 26.1 Å². The number of halogens is 1. The van der Waals surface area contributed by atoms with E-state index in [0.717, 1.165) is 61.5 Å². The quantitative estimate of drug-likeness (QED) is 0.0703. The van der Waals surface area contributed by atoms with Crippen molar-refractivity contribution in [1.29, 1.82) is 0 Å². The Labute approximate surface area is 309 Å². The van der Waals surface area contributed by atoms with Crippen LogP contribution in [-0.4, -0.2) is 47.5 Å². The van der Waals surface area contributed by atoms with Gasteiger partial charge in [0.1, 0.15) is 36.0 Å². The van der Waals surface area contributed by atoms with E-state index in [1.54, 1.807) is 31.6 Å². The minimum absolute atomic E-state index is 0.0666. The number of carboxylic acids is 1. The van der Waals surface area contributed by atoms with Gasteiger partial charge in [0.05, 0.1) is 24.4 Å². The van der Waals surface area contributed by atoms with Crippen LogP contribution in [0.1, 0.15) is 40.3 Å². The lowest BCUT2D eigenvalue weighted by atomic mass is 9.89. The first-order chi connectivity index (χ1) is 25.0. The monoisotopic (exact) mass is 724 g/mol. The molecule has 0 fully saturated rings. The van der Waals surface area contributed by atoms with Crippen molar-refractivity contribution in [2.45, 2.75) is 52.6 Å². The van der Waals surface area contributed by atoms with E-state index in [4.69, 9.17) is 31.5 Å². The normalized spacial score (nSPS) is 12.2. The van der Waals surface area contributed by atoms with Crippen LogP contribution in [-0.2, 0) is 31.1 Å². The molecular weight excluding hydrogens is 680 g/mol. The number of anilines is 1. The Balaban J connectivity index is 1.42. The third-order valence-corrected chi connectivity index (χ3v) is 9.61. The molecule has 0 bridgehead atoms. The average molecular weight is 725 g/mol. The van der Waals surface area contributed by atoms with Crippen LogP contribution < -0.4 is 30.6 Å². The molecule has 52 heavy (non-hydrogen) atoms. The number of carbonyl (C=O) groups is 1. The van der Waals surface area contributed by atoms with Gasteiger partial charge in [-0.3, -0.25) is 15.1 Å². The number of aliphatic hydroxyl groups excluding tert-OH is 1. The molecule has 1 atom stereocenters. The summed E-state index contributed by atoms with van der Waals surface area (Å²) in [7, 11) is 3.46. The molecule has 1 heterocycles. The molecule has 0 spiro atoms. The Kier molecular flexibility index (Phi) is 12.4. The molecule has 272 valence electrons. The van der Waals surface area contributed by atoms with E-state index in [1.807, 2.05) is 31.3 Å². The van der Waals surface area contributed by atoms with Crippen LogP contribution in [0.5, 0.6) is 17.2 Å². The number of nitrogens with two attached hydrogens (primary N) is 1. The minimum atomic E-state index is -1.56. The molecule has 0 amide bonds. The molecule has 4 aromatic carbocycles. The molecule has 0 saturated heterocycles.